The van der Waals surface area contributed by atoms with Crippen LogP contribution in [-0.4, -0.2) is 25.3 Å². The maximum absolute atomic E-state index is 12.4. The van der Waals surface area contributed by atoms with Crippen molar-refractivity contribution in [2.45, 2.75) is 19.8 Å². The third kappa shape index (κ3) is 7.25. The van der Waals surface area contributed by atoms with Crippen LogP contribution >= 0.6 is 34.2 Å². The van der Waals surface area contributed by atoms with E-state index in [4.69, 9.17) is 21.1 Å². The van der Waals surface area contributed by atoms with Crippen molar-refractivity contribution in [2.24, 2.45) is 7.05 Å². The average Bonchev–Trinajstić information content (AvgIpc) is 2.81. The van der Waals surface area contributed by atoms with Crippen molar-refractivity contribution in [2.75, 3.05) is 17.1 Å². The molecule has 0 bridgehead atoms. The third-order valence-corrected chi connectivity index (χ3v) is 7.42. The summed E-state index contributed by atoms with van der Waals surface area (Å²) in [6.45, 7) is 5.66. The number of hydrogen-bond acceptors (Lipinski definition) is 5. The molecule has 7 nitrogen and oxygen atoms in total. The van der Waals surface area contributed by atoms with Crippen molar-refractivity contribution in [1.82, 2.24) is 4.57 Å². The Hall–Kier alpha value is -2.50. The highest BCUT2D eigenvalue weighted by Gasteiger charge is 2.18. The smallest absolute Gasteiger partial charge is 0.254 e. The highest BCUT2D eigenvalue weighted by Crippen LogP contribution is 2.41. The number of ether oxygens (including phenoxy) is 2. The Labute approximate surface area is 223 Å². The zero-order valence-electron chi connectivity index (χ0n) is 19.4. The summed E-state index contributed by atoms with van der Waals surface area (Å²) in [5.74, 6) is 1.35. The normalized spacial score (nSPS) is 11.2. The van der Waals surface area contributed by atoms with Crippen LogP contribution in [0.2, 0.25) is 5.02 Å². The molecule has 35 heavy (non-hydrogen) atoms. The van der Waals surface area contributed by atoms with Gasteiger partial charge in [-0.05, 0) is 78.8 Å². The number of aryl methyl sites for hydroxylation is 1. The van der Waals surface area contributed by atoms with Crippen LogP contribution in [-0.2, 0) is 17.1 Å². The first-order valence-corrected chi connectivity index (χ1v) is 14.0. The van der Waals surface area contributed by atoms with E-state index < -0.39 is 10.0 Å². The largest absolute Gasteiger partial charge is 0.493 e. The quantitative estimate of drug-likeness (QED) is 0.155. The first-order valence-electron chi connectivity index (χ1n) is 10.9. The molecule has 0 amide bonds. The summed E-state index contributed by atoms with van der Waals surface area (Å²) in [6, 6.07) is 11.7. The summed E-state index contributed by atoms with van der Waals surface area (Å²) in [5, 5.41) is 0.583. The summed E-state index contributed by atoms with van der Waals surface area (Å²) < 4.78 is 41.4. The Morgan fingerprint density at radius 3 is 2.54 bits per heavy atom. The maximum atomic E-state index is 12.4. The number of pyridine rings is 1. The molecule has 0 atom stereocenters. The van der Waals surface area contributed by atoms with Gasteiger partial charge in [0.05, 0.1) is 15.9 Å². The number of anilines is 1. The summed E-state index contributed by atoms with van der Waals surface area (Å²) in [7, 11) is -1.86. The first-order chi connectivity index (χ1) is 16.6. The third-order valence-electron chi connectivity index (χ3n) is 5.04. The van der Waals surface area contributed by atoms with Gasteiger partial charge < -0.3 is 14.0 Å². The van der Waals surface area contributed by atoms with Crippen molar-refractivity contribution in [3.8, 4) is 28.4 Å². The van der Waals surface area contributed by atoms with Crippen molar-refractivity contribution in [3.63, 3.8) is 0 Å². The van der Waals surface area contributed by atoms with E-state index in [2.05, 4.69) is 33.9 Å². The van der Waals surface area contributed by atoms with Crippen molar-refractivity contribution >= 4 is 49.9 Å². The number of sulfonamides is 1. The molecule has 186 valence electrons. The van der Waals surface area contributed by atoms with Gasteiger partial charge in [0.15, 0.2) is 0 Å². The zero-order valence-corrected chi connectivity index (χ0v) is 23.1. The molecule has 3 aromatic rings. The molecule has 1 aromatic heterocycles. The molecular weight excluding hydrogens is 603 g/mol. The van der Waals surface area contributed by atoms with Crippen LogP contribution < -0.4 is 19.8 Å². The van der Waals surface area contributed by atoms with Crippen molar-refractivity contribution in [3.05, 3.63) is 80.3 Å². The van der Waals surface area contributed by atoms with Crippen molar-refractivity contribution < 1.29 is 17.9 Å². The van der Waals surface area contributed by atoms with Crippen LogP contribution in [0, 0.1) is 3.57 Å². The Bertz CT molecular complexity index is 1390. The molecule has 0 aliphatic rings. The van der Waals surface area contributed by atoms with Gasteiger partial charge >= 0.3 is 0 Å². The molecule has 10 heteroatoms. The van der Waals surface area contributed by atoms with E-state index in [9.17, 15) is 13.2 Å². The Kier molecular flexibility index (Phi) is 9.26. The second kappa shape index (κ2) is 12.0. The number of nitrogens with zero attached hydrogens (tertiary/aromatic N) is 1. The monoisotopic (exact) mass is 628 g/mol. The summed E-state index contributed by atoms with van der Waals surface area (Å²) in [5.41, 5.74) is 1.28. The highest BCUT2D eigenvalue weighted by molar-refractivity contribution is 14.1. The topological polar surface area (TPSA) is 86.6 Å². The lowest BCUT2D eigenvalue weighted by molar-refractivity contribution is 0.312. The molecule has 0 spiro atoms. The van der Waals surface area contributed by atoms with E-state index in [1.165, 1.54) is 10.6 Å². The molecule has 0 unspecified atom stereocenters. The first kappa shape index (κ1) is 27.1. The predicted molar refractivity (Wildman–Crippen MR) is 149 cm³/mol. The standard InChI is InChI=1S/C25H26ClIN2O5S/c1-4-6-7-12-33-24-15-25(30)29(3)16-20(24)19-14-18(28-35(31,32)5-2)9-11-22(19)34-23-10-8-17(26)13-21(23)27/h4,8-11,13-16,28H,1,5-7,12H2,2-3H3. The van der Waals surface area contributed by atoms with E-state index in [0.717, 1.165) is 16.4 Å². The summed E-state index contributed by atoms with van der Waals surface area (Å²) in [6.07, 6.45) is 4.97. The van der Waals surface area contributed by atoms with Gasteiger partial charge in [0, 0.05) is 41.1 Å². The Morgan fingerprint density at radius 1 is 1.11 bits per heavy atom. The van der Waals surface area contributed by atoms with Gasteiger partial charge in [-0.2, -0.15) is 0 Å². The number of hydrogen-bond donors (Lipinski definition) is 1. The number of allylic oxidation sites excluding steroid dienone is 1. The van der Waals surface area contributed by atoms with Gasteiger partial charge in [-0.1, -0.05) is 17.7 Å². The fourth-order valence-corrected chi connectivity index (χ4v) is 4.78. The van der Waals surface area contributed by atoms with E-state index in [-0.39, 0.29) is 11.3 Å². The molecule has 0 saturated carbocycles. The van der Waals surface area contributed by atoms with Crippen LogP contribution in [0.15, 0.2) is 66.1 Å². The van der Waals surface area contributed by atoms with E-state index >= 15 is 0 Å². The SMILES string of the molecule is C=CCCCOc1cc(=O)n(C)cc1-c1cc(NS(=O)(=O)CC)ccc1Oc1ccc(Cl)cc1I. The fraction of sp³-hybridized carbons (Fsp3) is 0.240. The lowest BCUT2D eigenvalue weighted by atomic mass is 10.0. The molecule has 1 heterocycles. The van der Waals surface area contributed by atoms with Crippen LogP contribution in [0.25, 0.3) is 11.1 Å². The number of halogens is 2. The minimum absolute atomic E-state index is 0.0684. The minimum Gasteiger partial charge on any atom is -0.493 e. The number of aromatic nitrogens is 1. The van der Waals surface area contributed by atoms with Crippen LogP contribution in [0.5, 0.6) is 17.2 Å². The van der Waals surface area contributed by atoms with Gasteiger partial charge in [0.2, 0.25) is 10.0 Å². The average molecular weight is 629 g/mol. The van der Waals surface area contributed by atoms with Gasteiger partial charge in [-0.3, -0.25) is 9.52 Å². The van der Waals surface area contributed by atoms with Gasteiger partial charge in [-0.15, -0.1) is 6.58 Å². The Morgan fingerprint density at radius 2 is 1.86 bits per heavy atom. The van der Waals surface area contributed by atoms with E-state index in [1.54, 1.807) is 62.6 Å². The second-order valence-electron chi connectivity index (χ2n) is 7.67. The summed E-state index contributed by atoms with van der Waals surface area (Å²) >= 11 is 8.22. The molecular formula is C25H26ClIN2O5S. The highest BCUT2D eigenvalue weighted by atomic mass is 127. The predicted octanol–water partition coefficient (Wildman–Crippen LogP) is 6.21. The minimum atomic E-state index is -3.50. The van der Waals surface area contributed by atoms with Crippen LogP contribution in [0.1, 0.15) is 19.8 Å². The van der Waals surface area contributed by atoms with Gasteiger partial charge in [0.1, 0.15) is 17.2 Å². The van der Waals surface area contributed by atoms with Gasteiger partial charge in [-0.25, -0.2) is 8.42 Å². The van der Waals surface area contributed by atoms with E-state index in [0.29, 0.717) is 45.7 Å². The summed E-state index contributed by atoms with van der Waals surface area (Å²) in [4.78, 5) is 12.4. The molecule has 2 aromatic carbocycles. The molecule has 0 aliphatic carbocycles. The number of rotatable bonds is 11. The number of benzene rings is 2. The lowest BCUT2D eigenvalue weighted by Crippen LogP contribution is -2.16. The van der Waals surface area contributed by atoms with Gasteiger partial charge in [0.25, 0.3) is 5.56 Å². The lowest BCUT2D eigenvalue weighted by Gasteiger charge is -2.18. The number of unbranched alkanes of at least 4 members (excludes halogenated alkanes) is 1. The van der Waals surface area contributed by atoms with Crippen LogP contribution in [0.3, 0.4) is 0 Å². The maximum Gasteiger partial charge on any atom is 0.254 e. The Balaban J connectivity index is 2.15. The zero-order chi connectivity index (χ0) is 25.6. The van der Waals surface area contributed by atoms with Crippen LogP contribution in [0.4, 0.5) is 5.69 Å². The fourth-order valence-electron chi connectivity index (χ4n) is 3.17. The molecule has 0 radical (unpaired) electrons. The molecule has 0 fully saturated rings. The molecule has 1 N–H and O–H groups in total. The second-order valence-corrected chi connectivity index (χ2v) is 11.3. The van der Waals surface area contributed by atoms with E-state index in [1.807, 2.05) is 0 Å². The van der Waals surface area contributed by atoms with Crippen molar-refractivity contribution in [1.29, 1.82) is 0 Å². The molecule has 0 saturated heterocycles. The molecule has 3 rings (SSSR count). The number of nitrogens with one attached hydrogen (secondary N) is 1. The molecule has 0 aliphatic heterocycles.